The van der Waals surface area contributed by atoms with Crippen molar-refractivity contribution in [2.75, 3.05) is 16.8 Å². The van der Waals surface area contributed by atoms with E-state index in [9.17, 15) is 0 Å². The first-order valence-corrected chi connectivity index (χ1v) is 9.15. The van der Waals surface area contributed by atoms with E-state index >= 15 is 0 Å². The highest BCUT2D eigenvalue weighted by atomic mass is 32.1. The molecule has 0 saturated heterocycles. The predicted molar refractivity (Wildman–Crippen MR) is 112 cm³/mol. The van der Waals surface area contributed by atoms with E-state index in [1.807, 2.05) is 32.0 Å². The van der Waals surface area contributed by atoms with Gasteiger partial charge in [-0.25, -0.2) is 15.0 Å². The summed E-state index contributed by atoms with van der Waals surface area (Å²) in [6.45, 7) is 4.51. The van der Waals surface area contributed by atoms with Gasteiger partial charge in [0.25, 0.3) is 0 Å². The topological polar surface area (TPSA) is 116 Å². The average Bonchev–Trinajstić information content (AvgIpc) is 3.06. The van der Waals surface area contributed by atoms with E-state index in [1.165, 1.54) is 22.5 Å². The van der Waals surface area contributed by atoms with Crippen LogP contribution in [0, 0.1) is 13.8 Å². The number of hydrogen-bond donors (Lipinski definition) is 3. The molecule has 2 aromatic heterocycles. The summed E-state index contributed by atoms with van der Waals surface area (Å²) in [5.74, 6) is 1.38. The van der Waals surface area contributed by atoms with Crippen molar-refractivity contribution in [2.24, 2.45) is 0 Å². The first-order chi connectivity index (χ1) is 13.0. The summed E-state index contributed by atoms with van der Waals surface area (Å²) in [5, 5.41) is 6.15. The second-order valence-electron chi connectivity index (χ2n) is 5.90. The highest BCUT2D eigenvalue weighted by Gasteiger charge is 2.08. The highest BCUT2D eigenvalue weighted by molar-refractivity contribution is 7.09. The van der Waals surface area contributed by atoms with Gasteiger partial charge in [-0.3, -0.25) is 0 Å². The third-order valence-corrected chi connectivity index (χ3v) is 4.65. The molecule has 138 valence electrons. The average molecular weight is 379 g/mol. The van der Waals surface area contributed by atoms with Crippen LogP contribution < -0.4 is 16.8 Å². The number of rotatable bonds is 3. The summed E-state index contributed by atoms with van der Waals surface area (Å²) < 4.78 is 3.82. The van der Waals surface area contributed by atoms with Crippen molar-refractivity contribution in [1.29, 1.82) is 0 Å². The van der Waals surface area contributed by atoms with Crippen LogP contribution >= 0.6 is 11.5 Å². The number of benzene rings is 2. The monoisotopic (exact) mass is 379 g/mol. The van der Waals surface area contributed by atoms with Gasteiger partial charge in [0.15, 0.2) is 5.13 Å². The van der Waals surface area contributed by atoms with E-state index < -0.39 is 0 Å². The minimum atomic E-state index is 0.539. The third kappa shape index (κ3) is 4.68. The van der Waals surface area contributed by atoms with Crippen LogP contribution in [0.2, 0.25) is 0 Å². The summed E-state index contributed by atoms with van der Waals surface area (Å²) in [4.78, 5) is 12.1. The van der Waals surface area contributed by atoms with Gasteiger partial charge >= 0.3 is 0 Å². The number of nitrogen functional groups attached to an aromatic ring is 2. The van der Waals surface area contributed by atoms with Gasteiger partial charge in [-0.2, -0.15) is 4.37 Å². The summed E-state index contributed by atoms with van der Waals surface area (Å²) >= 11 is 1.22. The van der Waals surface area contributed by atoms with Crippen molar-refractivity contribution < 1.29 is 0 Å². The lowest BCUT2D eigenvalue weighted by Gasteiger charge is -2.13. The number of aromatic nitrogens is 4. The molecule has 0 bridgehead atoms. The predicted octanol–water partition coefficient (Wildman–Crippen LogP) is 3.56. The smallest absolute Gasteiger partial charge is 0.222 e. The van der Waals surface area contributed by atoms with Gasteiger partial charge in [0, 0.05) is 36.2 Å². The molecule has 7 nitrogen and oxygen atoms in total. The molecule has 0 saturated carbocycles. The van der Waals surface area contributed by atoms with Gasteiger partial charge in [-0.05, 0) is 47.9 Å². The van der Waals surface area contributed by atoms with E-state index in [0.29, 0.717) is 17.6 Å². The number of nitrogens with zero attached hydrogens (tertiary/aromatic N) is 4. The maximum atomic E-state index is 6.10. The standard InChI is InChI=1S/C16H16N4.C3H5N3S/c1-11-14(10-20-16-18-7-4-8-19-16)13-6-3-2-5-12(13)9-15(11)17;1-2-5-3(4)7-6-2/h2-9H,10,17H2,1H3,(H,18,19,20);1H3,(H2,4,5,6). The number of fused-ring (bicyclic) bond motifs is 1. The Bertz CT molecular complexity index is 1010. The van der Waals surface area contributed by atoms with Crippen LogP contribution in [-0.4, -0.2) is 19.3 Å². The number of nitrogens with two attached hydrogens (primary N) is 2. The minimum Gasteiger partial charge on any atom is -0.398 e. The molecule has 0 atom stereocenters. The molecule has 2 aromatic carbocycles. The van der Waals surface area contributed by atoms with Crippen LogP contribution in [0.4, 0.5) is 16.8 Å². The Kier molecular flexibility index (Phi) is 5.77. The van der Waals surface area contributed by atoms with Gasteiger partial charge in [0.2, 0.25) is 5.95 Å². The molecule has 0 radical (unpaired) electrons. The Morgan fingerprint density at radius 3 is 2.41 bits per heavy atom. The van der Waals surface area contributed by atoms with Crippen molar-refractivity contribution in [3.63, 3.8) is 0 Å². The SMILES string of the molecule is Cc1c(N)cc2ccccc2c1CNc1ncccn1.Cc1nsc(N)n1. The number of nitrogens with one attached hydrogen (secondary N) is 1. The number of anilines is 3. The molecule has 2 heterocycles. The summed E-state index contributed by atoms with van der Waals surface area (Å²) in [6, 6.07) is 12.1. The van der Waals surface area contributed by atoms with Crippen molar-refractivity contribution in [2.45, 2.75) is 20.4 Å². The molecular weight excluding hydrogens is 358 g/mol. The summed E-state index contributed by atoms with van der Waals surface area (Å²) in [5.41, 5.74) is 14.4. The van der Waals surface area contributed by atoms with E-state index in [2.05, 4.69) is 36.8 Å². The molecule has 0 aliphatic carbocycles. The lowest BCUT2D eigenvalue weighted by molar-refractivity contribution is 1.05. The molecule has 0 spiro atoms. The van der Waals surface area contributed by atoms with Crippen LogP contribution in [0.15, 0.2) is 48.8 Å². The molecule has 0 amide bonds. The molecule has 8 heteroatoms. The Morgan fingerprint density at radius 2 is 1.78 bits per heavy atom. The fourth-order valence-corrected chi connectivity index (χ4v) is 3.09. The lowest BCUT2D eigenvalue weighted by atomic mass is 9.98. The van der Waals surface area contributed by atoms with Gasteiger partial charge < -0.3 is 16.8 Å². The number of hydrogen-bond acceptors (Lipinski definition) is 8. The first kappa shape index (κ1) is 18.5. The molecule has 0 aliphatic heterocycles. The van der Waals surface area contributed by atoms with Crippen LogP contribution in [0.1, 0.15) is 17.0 Å². The van der Waals surface area contributed by atoms with E-state index in [0.717, 1.165) is 22.5 Å². The van der Waals surface area contributed by atoms with Crippen LogP contribution in [0.3, 0.4) is 0 Å². The largest absolute Gasteiger partial charge is 0.398 e. The van der Waals surface area contributed by atoms with E-state index in [-0.39, 0.29) is 0 Å². The second-order valence-corrected chi connectivity index (χ2v) is 6.68. The zero-order valence-corrected chi connectivity index (χ0v) is 16.0. The van der Waals surface area contributed by atoms with Gasteiger partial charge in [0.1, 0.15) is 5.82 Å². The van der Waals surface area contributed by atoms with Gasteiger partial charge in [0.05, 0.1) is 0 Å². The van der Waals surface area contributed by atoms with Gasteiger partial charge in [-0.15, -0.1) is 0 Å². The Hall–Kier alpha value is -3.26. The Balaban J connectivity index is 0.000000253. The normalized spacial score (nSPS) is 10.3. The minimum absolute atomic E-state index is 0.539. The van der Waals surface area contributed by atoms with Crippen molar-refractivity contribution in [1.82, 2.24) is 19.3 Å². The van der Waals surface area contributed by atoms with E-state index in [4.69, 9.17) is 11.5 Å². The lowest BCUT2D eigenvalue weighted by Crippen LogP contribution is -2.06. The summed E-state index contributed by atoms with van der Waals surface area (Å²) in [6.07, 6.45) is 3.44. The Morgan fingerprint density at radius 1 is 1.04 bits per heavy atom. The van der Waals surface area contributed by atoms with Crippen LogP contribution in [-0.2, 0) is 6.54 Å². The van der Waals surface area contributed by atoms with Crippen LogP contribution in [0.25, 0.3) is 10.8 Å². The zero-order chi connectivity index (χ0) is 19.2. The maximum Gasteiger partial charge on any atom is 0.222 e. The quantitative estimate of drug-likeness (QED) is 0.466. The first-order valence-electron chi connectivity index (χ1n) is 8.38. The number of aryl methyl sites for hydroxylation is 1. The second kappa shape index (κ2) is 8.41. The fourth-order valence-electron chi connectivity index (χ4n) is 2.65. The molecule has 5 N–H and O–H groups in total. The molecule has 27 heavy (non-hydrogen) atoms. The van der Waals surface area contributed by atoms with E-state index in [1.54, 1.807) is 18.5 Å². The molecule has 0 fully saturated rings. The molecular formula is C19H21N7S. The fraction of sp³-hybridized carbons (Fsp3) is 0.158. The third-order valence-electron chi connectivity index (χ3n) is 4.01. The van der Waals surface area contributed by atoms with Crippen molar-refractivity contribution in [3.05, 3.63) is 65.7 Å². The maximum absolute atomic E-state index is 6.10. The summed E-state index contributed by atoms with van der Waals surface area (Å²) in [7, 11) is 0. The van der Waals surface area contributed by atoms with Crippen molar-refractivity contribution >= 4 is 39.1 Å². The van der Waals surface area contributed by atoms with Crippen molar-refractivity contribution in [3.8, 4) is 0 Å². The molecule has 0 unspecified atom stereocenters. The highest BCUT2D eigenvalue weighted by Crippen LogP contribution is 2.27. The van der Waals surface area contributed by atoms with Gasteiger partial charge in [-0.1, -0.05) is 24.3 Å². The zero-order valence-electron chi connectivity index (χ0n) is 15.2. The molecule has 4 aromatic rings. The molecule has 4 rings (SSSR count). The van der Waals surface area contributed by atoms with Crippen LogP contribution in [0.5, 0.6) is 0 Å². The Labute approximate surface area is 161 Å². The molecule has 0 aliphatic rings.